The lowest BCUT2D eigenvalue weighted by atomic mass is 10.2. The highest BCUT2D eigenvalue weighted by molar-refractivity contribution is 6.30. The smallest absolute Gasteiger partial charge is 0.293 e. The summed E-state index contributed by atoms with van der Waals surface area (Å²) in [5.74, 6) is -0.669. The third-order valence-electron chi connectivity index (χ3n) is 3.38. The van der Waals surface area contributed by atoms with Crippen LogP contribution in [0.25, 0.3) is 0 Å². The van der Waals surface area contributed by atoms with Gasteiger partial charge >= 0.3 is 0 Å². The fraction of sp³-hybridized carbons (Fsp3) is 0.222. The number of carbonyl (C=O) groups excluding carboxylic acids is 2. The van der Waals surface area contributed by atoms with E-state index in [0.29, 0.717) is 17.3 Å². The summed E-state index contributed by atoms with van der Waals surface area (Å²) in [6, 6.07) is 12.8. The Balaban J connectivity index is 1.67. The van der Waals surface area contributed by atoms with Gasteiger partial charge in [-0.05, 0) is 36.4 Å². The molecule has 3 N–H and O–H groups in total. The fourth-order valence-corrected chi connectivity index (χ4v) is 2.36. The maximum absolute atomic E-state index is 13.2. The summed E-state index contributed by atoms with van der Waals surface area (Å²) in [4.78, 5) is 24.4. The highest BCUT2D eigenvalue weighted by atomic mass is 35.5. The van der Waals surface area contributed by atoms with Crippen molar-refractivity contribution in [3.63, 3.8) is 0 Å². The Morgan fingerprint density at radius 1 is 1.12 bits per heavy atom. The first-order valence-corrected chi connectivity index (χ1v) is 8.32. The monoisotopic (exact) mass is 380 g/mol. The number of hydrogen-bond donors (Lipinski definition) is 3. The average molecular weight is 381 g/mol. The highest BCUT2D eigenvalue weighted by Gasteiger charge is 2.12. The molecule has 6 nitrogen and oxygen atoms in total. The van der Waals surface area contributed by atoms with E-state index in [2.05, 4.69) is 10.9 Å². The van der Waals surface area contributed by atoms with Crippen LogP contribution in [0.15, 0.2) is 48.5 Å². The van der Waals surface area contributed by atoms with E-state index in [1.54, 1.807) is 43.4 Å². The van der Waals surface area contributed by atoms with Crippen molar-refractivity contribution in [3.05, 3.63) is 64.9 Å². The predicted octanol–water partition coefficient (Wildman–Crippen LogP) is 0.720. The molecule has 138 valence electrons. The fourth-order valence-electron chi connectivity index (χ4n) is 2.23. The van der Waals surface area contributed by atoms with Crippen molar-refractivity contribution in [1.82, 2.24) is 10.9 Å². The maximum atomic E-state index is 13.2. The molecule has 0 aliphatic rings. The largest absolute Gasteiger partial charge is 0.484 e. The quantitative estimate of drug-likeness (QED) is 0.620. The first-order valence-electron chi connectivity index (χ1n) is 7.94. The second-order valence-corrected chi connectivity index (χ2v) is 6.22. The highest BCUT2D eigenvalue weighted by Crippen LogP contribution is 2.15. The van der Waals surface area contributed by atoms with Crippen LogP contribution in [0.1, 0.15) is 5.56 Å². The second-order valence-electron chi connectivity index (χ2n) is 5.78. The molecule has 0 spiro atoms. The zero-order chi connectivity index (χ0) is 18.9. The first kappa shape index (κ1) is 19.7. The topological polar surface area (TPSA) is 71.9 Å². The van der Waals surface area contributed by atoms with Gasteiger partial charge in [0.2, 0.25) is 0 Å². The Kier molecular flexibility index (Phi) is 7.37. The van der Waals surface area contributed by atoms with Crippen molar-refractivity contribution in [1.29, 1.82) is 0 Å². The van der Waals surface area contributed by atoms with E-state index in [-0.39, 0.29) is 24.9 Å². The van der Waals surface area contributed by atoms with Crippen molar-refractivity contribution in [3.8, 4) is 5.75 Å². The molecule has 0 aromatic heterocycles. The van der Waals surface area contributed by atoms with Gasteiger partial charge in [0.1, 0.15) is 18.1 Å². The van der Waals surface area contributed by atoms with Gasteiger partial charge in [0.05, 0.1) is 7.05 Å². The van der Waals surface area contributed by atoms with Crippen molar-refractivity contribution < 1.29 is 23.6 Å². The number of halogens is 2. The van der Waals surface area contributed by atoms with Gasteiger partial charge in [-0.1, -0.05) is 23.7 Å². The molecule has 1 atom stereocenters. The van der Waals surface area contributed by atoms with Crippen molar-refractivity contribution in [2.45, 2.75) is 6.54 Å². The molecule has 0 saturated carbocycles. The minimum atomic E-state index is -0.490. The number of hydrazine groups is 1. The number of likely N-dealkylation sites (N-methyl/N-ethyl adjacent to an activating group) is 1. The van der Waals surface area contributed by atoms with Crippen molar-refractivity contribution >= 4 is 23.4 Å². The molecule has 1 unspecified atom stereocenters. The second kappa shape index (κ2) is 9.74. The van der Waals surface area contributed by atoms with Crippen LogP contribution in [0.4, 0.5) is 4.39 Å². The van der Waals surface area contributed by atoms with E-state index in [0.717, 1.165) is 10.5 Å². The molecule has 0 fully saturated rings. The number of nitrogens with one attached hydrogen (secondary N) is 3. The van der Waals surface area contributed by atoms with Crippen LogP contribution < -0.4 is 20.5 Å². The molecule has 0 radical (unpaired) electrons. The summed E-state index contributed by atoms with van der Waals surface area (Å²) < 4.78 is 18.4. The molecular weight excluding hydrogens is 361 g/mol. The van der Waals surface area contributed by atoms with Crippen LogP contribution >= 0.6 is 11.6 Å². The third kappa shape index (κ3) is 7.08. The molecule has 2 rings (SSSR count). The van der Waals surface area contributed by atoms with Gasteiger partial charge in [-0.3, -0.25) is 20.4 Å². The molecule has 0 aliphatic carbocycles. The van der Waals surface area contributed by atoms with Crippen LogP contribution in [0, 0.1) is 5.82 Å². The molecule has 26 heavy (non-hydrogen) atoms. The third-order valence-corrected chi connectivity index (χ3v) is 3.63. The summed E-state index contributed by atoms with van der Waals surface area (Å²) in [5.41, 5.74) is 5.39. The number of amides is 2. The van der Waals surface area contributed by atoms with Gasteiger partial charge < -0.3 is 9.64 Å². The molecule has 0 saturated heterocycles. The van der Waals surface area contributed by atoms with Gasteiger partial charge in [0.15, 0.2) is 13.2 Å². The molecule has 8 heteroatoms. The van der Waals surface area contributed by atoms with Crippen molar-refractivity contribution in [2.75, 3.05) is 20.2 Å². The van der Waals surface area contributed by atoms with Gasteiger partial charge in [-0.25, -0.2) is 4.39 Å². The average Bonchev–Trinajstić information content (AvgIpc) is 2.59. The molecule has 2 amide bonds. The van der Waals surface area contributed by atoms with Gasteiger partial charge in [-0.2, -0.15) is 0 Å². The number of rotatable bonds is 7. The number of benzene rings is 2. The molecule has 2 aromatic carbocycles. The number of quaternary nitrogens is 1. The molecular formula is C18H20ClFN3O3+. The Bertz CT molecular complexity index is 756. The Morgan fingerprint density at radius 3 is 2.50 bits per heavy atom. The minimum absolute atomic E-state index is 0.120. The standard InChI is InChI=1S/C18H19ClFN3O3/c1-23(10-13-3-2-4-15(20)9-13)11-17(24)21-22-18(25)12-26-16-7-5-14(19)6-8-16/h2-9H,10-12H2,1H3,(H,21,24)(H,22,25)/p+1. The first-order chi connectivity index (χ1) is 12.4. The molecule has 0 bridgehead atoms. The van der Waals surface area contributed by atoms with Crippen LogP contribution in [0.2, 0.25) is 5.02 Å². The lowest BCUT2D eigenvalue weighted by Gasteiger charge is -2.14. The normalized spacial score (nSPS) is 11.5. The van der Waals surface area contributed by atoms with E-state index >= 15 is 0 Å². The van der Waals surface area contributed by atoms with E-state index in [1.165, 1.54) is 12.1 Å². The maximum Gasteiger partial charge on any atom is 0.293 e. The number of hydrogen-bond acceptors (Lipinski definition) is 3. The van der Waals surface area contributed by atoms with E-state index < -0.39 is 5.91 Å². The van der Waals surface area contributed by atoms with E-state index in [4.69, 9.17) is 16.3 Å². The molecule has 0 heterocycles. The number of ether oxygens (including phenoxy) is 1. The number of carbonyl (C=O) groups is 2. The van der Waals surface area contributed by atoms with Crippen LogP contribution in [-0.2, 0) is 16.1 Å². The zero-order valence-corrected chi connectivity index (χ0v) is 15.0. The Labute approximate surface area is 155 Å². The van der Waals surface area contributed by atoms with Gasteiger partial charge in [0, 0.05) is 10.6 Å². The lowest BCUT2D eigenvalue weighted by molar-refractivity contribution is -0.885. The lowest BCUT2D eigenvalue weighted by Crippen LogP contribution is -3.09. The summed E-state index contributed by atoms with van der Waals surface area (Å²) in [6.45, 7) is 0.363. The summed E-state index contributed by atoms with van der Waals surface area (Å²) in [6.07, 6.45) is 0. The zero-order valence-electron chi connectivity index (χ0n) is 14.2. The van der Waals surface area contributed by atoms with Crippen LogP contribution in [0.3, 0.4) is 0 Å². The van der Waals surface area contributed by atoms with Crippen molar-refractivity contribution in [2.24, 2.45) is 0 Å². The predicted molar refractivity (Wildman–Crippen MR) is 95.1 cm³/mol. The Morgan fingerprint density at radius 2 is 1.81 bits per heavy atom. The summed E-state index contributed by atoms with van der Waals surface area (Å²) in [5, 5.41) is 0.568. The SMILES string of the molecule is C[NH+](CC(=O)NNC(=O)COc1ccc(Cl)cc1)Cc1cccc(F)c1. The molecule has 2 aromatic rings. The van der Waals surface area contributed by atoms with Crippen LogP contribution in [-0.4, -0.2) is 32.0 Å². The van der Waals surface area contributed by atoms with E-state index in [9.17, 15) is 14.0 Å². The Hall–Kier alpha value is -2.64. The summed E-state index contributed by atoms with van der Waals surface area (Å²) in [7, 11) is 1.80. The molecule has 0 aliphatic heterocycles. The van der Waals surface area contributed by atoms with Gasteiger partial charge in [0.25, 0.3) is 11.8 Å². The summed E-state index contributed by atoms with van der Waals surface area (Å²) >= 11 is 5.76. The minimum Gasteiger partial charge on any atom is -0.484 e. The van der Waals surface area contributed by atoms with E-state index in [1.807, 2.05) is 0 Å². The van der Waals surface area contributed by atoms with Gasteiger partial charge in [-0.15, -0.1) is 0 Å². The van der Waals surface area contributed by atoms with Crippen LogP contribution in [0.5, 0.6) is 5.75 Å².